The minimum Gasteiger partial charge on any atom is -0.493 e. The monoisotopic (exact) mass is 483 g/mol. The van der Waals surface area contributed by atoms with Gasteiger partial charge in [-0.3, -0.25) is 9.20 Å². The van der Waals surface area contributed by atoms with Crippen LogP contribution in [0.4, 0.5) is 0 Å². The van der Waals surface area contributed by atoms with Gasteiger partial charge in [0.1, 0.15) is 5.65 Å². The van der Waals surface area contributed by atoms with E-state index in [1.54, 1.807) is 49.7 Å². The van der Waals surface area contributed by atoms with Crippen LogP contribution in [0.15, 0.2) is 65.6 Å². The number of fused-ring (bicyclic) bond motifs is 1. The van der Waals surface area contributed by atoms with Crippen molar-refractivity contribution in [3.63, 3.8) is 0 Å². The fourth-order valence-electron chi connectivity index (χ4n) is 3.87. The summed E-state index contributed by atoms with van der Waals surface area (Å²) in [5.74, 6) is 1.91. The summed E-state index contributed by atoms with van der Waals surface area (Å²) in [6.07, 6.45) is 7.61. The van der Waals surface area contributed by atoms with Gasteiger partial charge in [-0.25, -0.2) is 4.98 Å². The number of methoxy groups -OCH3 is 1. The van der Waals surface area contributed by atoms with E-state index in [1.807, 2.05) is 30.4 Å². The minimum absolute atomic E-state index is 0.252. The Hall–Kier alpha value is -4.08. The molecule has 1 aliphatic rings. The molecule has 1 saturated carbocycles. The molecule has 5 rings (SSSR count). The molecule has 2 aromatic heterocycles. The van der Waals surface area contributed by atoms with Crippen LogP contribution < -0.4 is 15.0 Å². The quantitative estimate of drug-likeness (QED) is 0.329. The average Bonchev–Trinajstić information content (AvgIpc) is 3.71. The zero-order valence-electron chi connectivity index (χ0n) is 19.1. The van der Waals surface area contributed by atoms with Gasteiger partial charge in [-0.1, -0.05) is 35.9 Å². The van der Waals surface area contributed by atoms with Gasteiger partial charge in [0.2, 0.25) is 0 Å². The van der Waals surface area contributed by atoms with Crippen LogP contribution in [-0.2, 0) is 0 Å². The maximum Gasteiger partial charge on any atom is 0.266 e. The smallest absolute Gasteiger partial charge is 0.266 e. The van der Waals surface area contributed by atoms with Crippen molar-refractivity contribution in [2.75, 3.05) is 13.7 Å². The summed E-state index contributed by atoms with van der Waals surface area (Å²) in [4.78, 5) is 18.3. The van der Waals surface area contributed by atoms with E-state index in [0.717, 1.165) is 5.56 Å². The van der Waals surface area contributed by atoms with E-state index in [-0.39, 0.29) is 5.56 Å². The summed E-state index contributed by atoms with van der Waals surface area (Å²) in [7, 11) is 1.62. The van der Waals surface area contributed by atoms with E-state index in [0.29, 0.717) is 57.1 Å². The Morgan fingerprint density at radius 1 is 1.14 bits per heavy atom. The highest BCUT2D eigenvalue weighted by Crippen LogP contribution is 2.36. The number of aromatic nitrogens is 2. The Labute approximate surface area is 207 Å². The van der Waals surface area contributed by atoms with Gasteiger partial charge in [-0.05, 0) is 66.8 Å². The summed E-state index contributed by atoms with van der Waals surface area (Å²) in [6, 6.07) is 18.1. The summed E-state index contributed by atoms with van der Waals surface area (Å²) in [5, 5.41) is 9.60. The third kappa shape index (κ3) is 4.77. The normalized spacial score (nSPS) is 13.2. The van der Waals surface area contributed by atoms with E-state index in [1.165, 1.54) is 17.2 Å². The Morgan fingerprint density at radius 3 is 2.66 bits per heavy atom. The van der Waals surface area contributed by atoms with Crippen molar-refractivity contribution in [2.24, 2.45) is 5.92 Å². The van der Waals surface area contributed by atoms with Gasteiger partial charge in [-0.2, -0.15) is 5.26 Å². The predicted octanol–water partition coefficient (Wildman–Crippen LogP) is 5.85. The highest BCUT2D eigenvalue weighted by Gasteiger charge is 2.23. The summed E-state index contributed by atoms with van der Waals surface area (Å²) >= 11 is 6.15. The first-order chi connectivity index (χ1) is 17.1. The first kappa shape index (κ1) is 22.7. The molecule has 2 aromatic carbocycles. The van der Waals surface area contributed by atoms with Crippen molar-refractivity contribution < 1.29 is 9.47 Å². The lowest BCUT2D eigenvalue weighted by Crippen LogP contribution is -2.18. The predicted molar refractivity (Wildman–Crippen MR) is 137 cm³/mol. The van der Waals surface area contributed by atoms with Crippen LogP contribution in [0.5, 0.6) is 11.5 Å². The molecule has 174 valence electrons. The molecule has 0 amide bonds. The first-order valence-electron chi connectivity index (χ1n) is 11.3. The molecule has 0 radical (unpaired) electrons. The van der Waals surface area contributed by atoms with Gasteiger partial charge in [0.25, 0.3) is 5.56 Å². The third-order valence-corrected chi connectivity index (χ3v) is 6.15. The maximum absolute atomic E-state index is 13.5. The fraction of sp³-hybridized carbons (Fsp3) is 0.179. The number of pyridine rings is 1. The molecule has 7 heteroatoms. The zero-order valence-corrected chi connectivity index (χ0v) is 19.8. The van der Waals surface area contributed by atoms with Crippen molar-refractivity contribution in [3.8, 4) is 28.7 Å². The molecule has 1 aliphatic carbocycles. The Balaban J connectivity index is 1.64. The first-order valence-corrected chi connectivity index (χ1v) is 11.7. The Kier molecular flexibility index (Phi) is 6.26. The highest BCUT2D eigenvalue weighted by atomic mass is 35.5. The number of halogens is 1. The van der Waals surface area contributed by atoms with E-state index in [9.17, 15) is 4.79 Å². The van der Waals surface area contributed by atoms with Gasteiger partial charge in [0.05, 0.1) is 41.6 Å². The largest absolute Gasteiger partial charge is 0.493 e. The summed E-state index contributed by atoms with van der Waals surface area (Å²) < 4.78 is 13.1. The lowest BCUT2D eigenvalue weighted by Gasteiger charge is -2.13. The van der Waals surface area contributed by atoms with Crippen LogP contribution >= 0.6 is 11.6 Å². The number of ether oxygens (including phenoxy) is 2. The van der Waals surface area contributed by atoms with E-state index < -0.39 is 0 Å². The second-order valence-corrected chi connectivity index (χ2v) is 8.84. The van der Waals surface area contributed by atoms with E-state index >= 15 is 0 Å². The molecule has 0 spiro atoms. The van der Waals surface area contributed by atoms with Crippen LogP contribution in [0.1, 0.15) is 29.7 Å². The minimum atomic E-state index is -0.252. The van der Waals surface area contributed by atoms with Gasteiger partial charge >= 0.3 is 0 Å². The number of para-hydroxylation sites is 1. The highest BCUT2D eigenvalue weighted by molar-refractivity contribution is 6.30. The van der Waals surface area contributed by atoms with E-state index in [2.05, 4.69) is 6.07 Å². The van der Waals surface area contributed by atoms with Gasteiger partial charge in [0, 0.05) is 11.8 Å². The Bertz CT molecular complexity index is 1530. The second-order valence-electron chi connectivity index (χ2n) is 8.41. The average molecular weight is 484 g/mol. The van der Waals surface area contributed by atoms with Gasteiger partial charge in [0.15, 0.2) is 11.5 Å². The van der Waals surface area contributed by atoms with Crippen molar-refractivity contribution in [3.05, 3.63) is 93.0 Å². The van der Waals surface area contributed by atoms with Crippen molar-refractivity contribution in [1.82, 2.24) is 9.38 Å². The van der Waals surface area contributed by atoms with Crippen LogP contribution in [0, 0.1) is 17.2 Å². The maximum atomic E-state index is 13.5. The number of hydrogen-bond donors (Lipinski definition) is 0. The molecule has 6 nitrogen and oxygen atoms in total. The zero-order chi connectivity index (χ0) is 24.4. The van der Waals surface area contributed by atoms with Crippen molar-refractivity contribution in [1.29, 1.82) is 5.26 Å². The fourth-order valence-corrected chi connectivity index (χ4v) is 4.03. The molecule has 0 aliphatic heterocycles. The standard InChI is InChI=1S/C28H22ClN3O3/c1-34-24-4-2-3-21(27(24)35-17-19-5-6-19)11-13-23-26(20-9-7-18(15-30)8-10-20)28(33)32-16-22(29)12-14-25(32)31-23/h2-4,7-14,16,19H,5-6,17H2,1H3/b13-11+. The molecule has 2 heterocycles. The molecular weight excluding hydrogens is 462 g/mol. The molecule has 0 saturated heterocycles. The molecule has 0 N–H and O–H groups in total. The lowest BCUT2D eigenvalue weighted by atomic mass is 10.0. The van der Waals surface area contributed by atoms with Crippen LogP contribution in [-0.4, -0.2) is 23.1 Å². The lowest BCUT2D eigenvalue weighted by molar-refractivity contribution is 0.280. The number of hydrogen-bond acceptors (Lipinski definition) is 5. The molecule has 4 aromatic rings. The SMILES string of the molecule is COc1cccc(/C=C/c2nc3ccc(Cl)cn3c(=O)c2-c2ccc(C#N)cc2)c1OCC1CC1. The van der Waals surface area contributed by atoms with Crippen molar-refractivity contribution in [2.45, 2.75) is 12.8 Å². The van der Waals surface area contributed by atoms with Crippen molar-refractivity contribution >= 4 is 29.4 Å². The van der Waals surface area contributed by atoms with Crippen LogP contribution in [0.2, 0.25) is 5.02 Å². The molecule has 0 unspecified atom stereocenters. The van der Waals surface area contributed by atoms with Crippen LogP contribution in [0.3, 0.4) is 0 Å². The summed E-state index contributed by atoms with van der Waals surface area (Å²) in [6.45, 7) is 0.647. The third-order valence-electron chi connectivity index (χ3n) is 5.93. The molecular formula is C28H22ClN3O3. The van der Waals surface area contributed by atoms with Gasteiger partial charge < -0.3 is 9.47 Å². The van der Waals surface area contributed by atoms with Crippen LogP contribution in [0.25, 0.3) is 28.9 Å². The van der Waals surface area contributed by atoms with E-state index in [4.69, 9.17) is 31.3 Å². The number of rotatable bonds is 7. The van der Waals surface area contributed by atoms with Gasteiger partial charge in [-0.15, -0.1) is 0 Å². The Morgan fingerprint density at radius 2 is 1.94 bits per heavy atom. The topological polar surface area (TPSA) is 76.6 Å². The number of nitrogens with zero attached hydrogens (tertiary/aromatic N) is 3. The molecule has 1 fully saturated rings. The summed E-state index contributed by atoms with van der Waals surface area (Å²) in [5.41, 5.74) is 3.13. The second kappa shape index (κ2) is 9.65. The molecule has 35 heavy (non-hydrogen) atoms. The molecule has 0 atom stereocenters. The number of nitriles is 1. The molecule has 0 bridgehead atoms. The number of benzene rings is 2.